The summed E-state index contributed by atoms with van der Waals surface area (Å²) in [5, 5.41) is 3.56. The van der Waals surface area contributed by atoms with Crippen LogP contribution in [0, 0.1) is 0 Å². The van der Waals surface area contributed by atoms with Gasteiger partial charge in [-0.3, -0.25) is 4.79 Å². The highest BCUT2D eigenvalue weighted by Crippen LogP contribution is 2.36. The van der Waals surface area contributed by atoms with E-state index in [-0.39, 0.29) is 5.91 Å². The van der Waals surface area contributed by atoms with Gasteiger partial charge < -0.3 is 15.1 Å². The second-order valence-electron chi connectivity index (χ2n) is 8.80. The molecule has 1 heterocycles. The quantitative estimate of drug-likeness (QED) is 0.464. The highest BCUT2D eigenvalue weighted by Gasteiger charge is 2.21. The largest absolute Gasteiger partial charge is 0.385 e. The van der Waals surface area contributed by atoms with Gasteiger partial charge in [0.05, 0.1) is 0 Å². The molecule has 0 saturated carbocycles. The number of hydrogen-bond acceptors (Lipinski definition) is 3. The van der Waals surface area contributed by atoms with E-state index in [1.165, 1.54) is 47.3 Å². The van der Waals surface area contributed by atoms with E-state index in [0.29, 0.717) is 0 Å². The van der Waals surface area contributed by atoms with Gasteiger partial charge in [-0.2, -0.15) is 0 Å². The summed E-state index contributed by atoms with van der Waals surface area (Å²) in [5.74, 6) is 0.109. The number of anilines is 1. The fraction of sp³-hybridized carbons (Fsp3) is 0.483. The van der Waals surface area contributed by atoms with E-state index < -0.39 is 0 Å². The first-order valence-corrected chi connectivity index (χ1v) is 12.8. The zero-order chi connectivity index (χ0) is 23.6. The summed E-state index contributed by atoms with van der Waals surface area (Å²) in [5.41, 5.74) is 7.27. The summed E-state index contributed by atoms with van der Waals surface area (Å²) in [6, 6.07) is 16.9. The van der Waals surface area contributed by atoms with Gasteiger partial charge in [0.25, 0.3) is 5.91 Å². The Bertz CT molecular complexity index is 918. The van der Waals surface area contributed by atoms with Gasteiger partial charge in [0.15, 0.2) is 0 Å². The SMILES string of the molecule is CCCCN1CCC(=C(c2ccc(C(=O)N(CC)CC)cc2)c2ccccc2NCC)CC1. The molecule has 1 aliphatic rings. The number of nitrogens with one attached hydrogen (secondary N) is 1. The van der Waals surface area contributed by atoms with Crippen molar-refractivity contribution in [2.45, 2.75) is 53.4 Å². The van der Waals surface area contributed by atoms with Crippen LogP contribution in [0.3, 0.4) is 0 Å². The molecular weight excluding hydrogens is 406 g/mol. The molecule has 0 unspecified atom stereocenters. The molecule has 0 aliphatic carbocycles. The molecule has 2 aromatic carbocycles. The molecule has 1 aliphatic heterocycles. The van der Waals surface area contributed by atoms with Gasteiger partial charge in [-0.05, 0) is 75.9 Å². The first-order chi connectivity index (χ1) is 16.1. The predicted molar refractivity (Wildman–Crippen MR) is 141 cm³/mol. The lowest BCUT2D eigenvalue weighted by molar-refractivity contribution is 0.0773. The third kappa shape index (κ3) is 6.26. The van der Waals surface area contributed by atoms with E-state index in [0.717, 1.165) is 51.1 Å². The summed E-state index contributed by atoms with van der Waals surface area (Å²) < 4.78 is 0. The Labute approximate surface area is 200 Å². The Morgan fingerprint density at radius 2 is 1.55 bits per heavy atom. The van der Waals surface area contributed by atoms with Crippen LogP contribution in [0.2, 0.25) is 0 Å². The van der Waals surface area contributed by atoms with E-state index >= 15 is 0 Å². The van der Waals surface area contributed by atoms with Crippen LogP contribution in [0.15, 0.2) is 54.1 Å². The highest BCUT2D eigenvalue weighted by molar-refractivity contribution is 5.95. The van der Waals surface area contributed by atoms with Crippen molar-refractivity contribution in [2.75, 3.05) is 44.6 Å². The number of rotatable bonds is 10. The fourth-order valence-corrected chi connectivity index (χ4v) is 4.75. The zero-order valence-electron chi connectivity index (χ0n) is 21.0. The first kappa shape index (κ1) is 25.0. The van der Waals surface area contributed by atoms with Gasteiger partial charge in [0.2, 0.25) is 0 Å². The van der Waals surface area contributed by atoms with E-state index in [9.17, 15) is 4.79 Å². The second-order valence-corrected chi connectivity index (χ2v) is 8.80. The Balaban J connectivity index is 1.98. The highest BCUT2D eigenvalue weighted by atomic mass is 16.2. The molecule has 4 nitrogen and oxygen atoms in total. The molecule has 1 amide bonds. The van der Waals surface area contributed by atoms with Crippen LogP contribution in [0.5, 0.6) is 0 Å². The van der Waals surface area contributed by atoms with Crippen LogP contribution in [0.4, 0.5) is 5.69 Å². The van der Waals surface area contributed by atoms with Gasteiger partial charge in [0.1, 0.15) is 0 Å². The summed E-state index contributed by atoms with van der Waals surface area (Å²) in [6.07, 6.45) is 4.72. The molecule has 33 heavy (non-hydrogen) atoms. The number of carbonyl (C=O) groups is 1. The second kappa shape index (κ2) is 12.6. The molecule has 3 rings (SSSR count). The molecule has 0 bridgehead atoms. The Hall–Kier alpha value is -2.59. The summed E-state index contributed by atoms with van der Waals surface area (Å²) in [6.45, 7) is 14.3. The van der Waals surface area contributed by atoms with Crippen molar-refractivity contribution >= 4 is 17.2 Å². The van der Waals surface area contributed by atoms with Crippen molar-refractivity contribution < 1.29 is 4.79 Å². The van der Waals surface area contributed by atoms with E-state index in [1.54, 1.807) is 0 Å². The third-order valence-corrected chi connectivity index (χ3v) is 6.68. The standard InChI is InChI=1S/C29H41N3O/c1-5-9-20-31-21-18-24(19-22-31)28(26-12-10-11-13-27(26)30-6-2)23-14-16-25(17-15-23)29(33)32(7-3)8-4/h10-17,30H,5-9,18-22H2,1-4H3. The topological polar surface area (TPSA) is 35.6 Å². The third-order valence-electron chi connectivity index (χ3n) is 6.68. The maximum atomic E-state index is 12.8. The zero-order valence-corrected chi connectivity index (χ0v) is 21.0. The molecule has 0 radical (unpaired) electrons. The number of piperidine rings is 1. The predicted octanol–water partition coefficient (Wildman–Crippen LogP) is 6.30. The van der Waals surface area contributed by atoms with Gasteiger partial charge in [-0.15, -0.1) is 0 Å². The van der Waals surface area contributed by atoms with Crippen molar-refractivity contribution in [1.29, 1.82) is 0 Å². The number of unbranched alkanes of at least 4 members (excludes halogenated alkanes) is 1. The molecular formula is C29H41N3O. The van der Waals surface area contributed by atoms with Crippen LogP contribution < -0.4 is 5.32 Å². The number of carbonyl (C=O) groups excluding carboxylic acids is 1. The average Bonchev–Trinajstić information content (AvgIpc) is 2.86. The van der Waals surface area contributed by atoms with Crippen molar-refractivity contribution in [3.05, 3.63) is 70.8 Å². The lowest BCUT2D eigenvalue weighted by Gasteiger charge is -2.30. The monoisotopic (exact) mass is 447 g/mol. The number of amides is 1. The molecule has 1 N–H and O–H groups in total. The lowest BCUT2D eigenvalue weighted by Crippen LogP contribution is -2.32. The Morgan fingerprint density at radius 3 is 2.15 bits per heavy atom. The summed E-state index contributed by atoms with van der Waals surface area (Å²) in [7, 11) is 0. The lowest BCUT2D eigenvalue weighted by atomic mass is 9.87. The van der Waals surface area contributed by atoms with Crippen molar-refractivity contribution in [2.24, 2.45) is 0 Å². The summed E-state index contributed by atoms with van der Waals surface area (Å²) >= 11 is 0. The minimum Gasteiger partial charge on any atom is -0.385 e. The van der Waals surface area contributed by atoms with Crippen molar-refractivity contribution in [1.82, 2.24) is 9.80 Å². The Kier molecular flexibility index (Phi) is 9.56. The number of hydrogen-bond donors (Lipinski definition) is 1. The maximum Gasteiger partial charge on any atom is 0.253 e. The number of para-hydroxylation sites is 1. The minimum absolute atomic E-state index is 0.109. The minimum atomic E-state index is 0.109. The fourth-order valence-electron chi connectivity index (χ4n) is 4.75. The van der Waals surface area contributed by atoms with Gasteiger partial charge in [0, 0.05) is 49.5 Å². The van der Waals surface area contributed by atoms with E-state index in [2.05, 4.69) is 60.5 Å². The van der Waals surface area contributed by atoms with Crippen LogP contribution in [-0.4, -0.2) is 55.0 Å². The van der Waals surface area contributed by atoms with Gasteiger partial charge in [-0.25, -0.2) is 0 Å². The Morgan fingerprint density at radius 1 is 0.909 bits per heavy atom. The van der Waals surface area contributed by atoms with E-state index in [4.69, 9.17) is 0 Å². The maximum absolute atomic E-state index is 12.8. The number of likely N-dealkylation sites (tertiary alicyclic amines) is 1. The number of nitrogens with zero attached hydrogens (tertiary/aromatic N) is 2. The molecule has 2 aromatic rings. The van der Waals surface area contributed by atoms with Crippen LogP contribution >= 0.6 is 0 Å². The number of benzene rings is 2. The molecule has 4 heteroatoms. The molecule has 0 aromatic heterocycles. The summed E-state index contributed by atoms with van der Waals surface area (Å²) in [4.78, 5) is 17.3. The molecule has 1 saturated heterocycles. The van der Waals surface area contributed by atoms with Crippen LogP contribution in [-0.2, 0) is 0 Å². The van der Waals surface area contributed by atoms with Gasteiger partial charge >= 0.3 is 0 Å². The molecule has 0 spiro atoms. The van der Waals surface area contributed by atoms with Crippen molar-refractivity contribution in [3.8, 4) is 0 Å². The smallest absolute Gasteiger partial charge is 0.253 e. The van der Waals surface area contributed by atoms with Crippen LogP contribution in [0.25, 0.3) is 5.57 Å². The normalized spacial score (nSPS) is 14.2. The molecule has 0 atom stereocenters. The van der Waals surface area contributed by atoms with Crippen molar-refractivity contribution in [3.63, 3.8) is 0 Å². The van der Waals surface area contributed by atoms with Gasteiger partial charge in [-0.1, -0.05) is 49.2 Å². The first-order valence-electron chi connectivity index (χ1n) is 12.8. The van der Waals surface area contributed by atoms with Crippen LogP contribution in [0.1, 0.15) is 74.9 Å². The van der Waals surface area contributed by atoms with E-state index in [1.807, 2.05) is 30.9 Å². The molecule has 1 fully saturated rings. The average molecular weight is 448 g/mol. The molecule has 178 valence electrons.